The molecule has 2 aromatic carbocycles. The lowest BCUT2D eigenvalue weighted by atomic mass is 9.91. The number of hydrogen-bond acceptors (Lipinski definition) is 14. The number of hydrogen-bond donors (Lipinski definition) is 3. The maximum Gasteiger partial charge on any atom is 0.306 e. The van der Waals surface area contributed by atoms with Crippen LogP contribution in [0.4, 0.5) is 0 Å². The van der Waals surface area contributed by atoms with Crippen LogP contribution in [0.3, 0.4) is 0 Å². The second kappa shape index (κ2) is 44.8. The first kappa shape index (κ1) is 76.0. The van der Waals surface area contributed by atoms with Crippen LogP contribution in [-0.2, 0) is 67.1 Å². The number of rotatable bonds is 48. The van der Waals surface area contributed by atoms with Crippen molar-refractivity contribution in [1.82, 2.24) is 25.4 Å². The highest BCUT2D eigenvalue weighted by Gasteiger charge is 2.39. The molecule has 3 aromatic rings. The van der Waals surface area contributed by atoms with Crippen molar-refractivity contribution in [2.24, 2.45) is 5.92 Å². The number of fused-ring (bicyclic) bond motifs is 1. The number of carbonyl (C=O) groups excluding carboxylic acids is 6. The number of aliphatic hydroxyl groups is 1. The molecule has 0 radical (unpaired) electrons. The summed E-state index contributed by atoms with van der Waals surface area (Å²) in [6, 6.07) is 19.9. The molecule has 16 heteroatoms. The Labute approximate surface area is 547 Å². The molecule has 508 valence electrons. The number of nitrogens with one attached hydrogen (secondary N) is 2. The zero-order chi connectivity index (χ0) is 65.3. The molecule has 0 bridgehead atoms. The minimum absolute atomic E-state index is 0.0578. The Kier molecular flexibility index (Phi) is 37.4. The van der Waals surface area contributed by atoms with Gasteiger partial charge in [-0.1, -0.05) is 229 Å². The Bertz CT molecular complexity index is 2460. The number of benzene rings is 2. The van der Waals surface area contributed by atoms with E-state index in [1.165, 1.54) is 116 Å². The first-order valence-electron chi connectivity index (χ1n) is 35.6. The van der Waals surface area contributed by atoms with Crippen LogP contribution in [-0.4, -0.2) is 125 Å². The average molecular weight is 1260 g/mol. The van der Waals surface area contributed by atoms with Crippen molar-refractivity contribution in [3.05, 3.63) is 101 Å². The summed E-state index contributed by atoms with van der Waals surface area (Å²) in [6.07, 6.45) is 31.9. The molecule has 1 saturated heterocycles. The molecule has 0 spiro atoms. The Hall–Kier alpha value is -5.71. The highest BCUT2D eigenvalue weighted by molar-refractivity contribution is 5.83. The molecule has 0 saturated carbocycles. The third-order valence-corrected chi connectivity index (χ3v) is 17.6. The molecule has 1 aliphatic carbocycles. The molecule has 5 rings (SSSR count). The lowest BCUT2D eigenvalue weighted by molar-refractivity contribution is -0.168. The van der Waals surface area contributed by atoms with Crippen molar-refractivity contribution in [3.63, 3.8) is 0 Å². The van der Waals surface area contributed by atoms with Crippen molar-refractivity contribution in [1.29, 1.82) is 0 Å². The van der Waals surface area contributed by atoms with Crippen LogP contribution in [0.25, 0.3) is 0 Å². The maximum atomic E-state index is 14.8. The Morgan fingerprint density at radius 2 is 1.08 bits per heavy atom. The standard InChI is InChI=1S/C75H117N5O11/c1-6-8-10-12-14-16-18-20-22-24-26-28-33-43-68(82)88-57-64(58-89-69(83)44-34-29-27-25-23-21-19-17-15-13-11-9-7-2)91-71(85)46-45-70(84)90-63(55-80-49-48-79(54-60-40-37-47-76-53-60)56-66(80)74(87)78-75(3,4)5)51-62(50-59-38-31-30-32-39-59)73(86)77-72-65-42-36-35-41-61(65)52-67(72)81/h30-32,35-42,47,53,62-64,66-67,72,81H,6-29,33-34,43-46,48-52,54-58H2,1-5H3,(H,77,86)(H,78,87)/t62-,63+,66+,67-,72+/m1/s1. The van der Waals surface area contributed by atoms with Crippen molar-refractivity contribution < 1.29 is 52.8 Å². The van der Waals surface area contributed by atoms with Gasteiger partial charge in [0.05, 0.1) is 25.0 Å². The van der Waals surface area contributed by atoms with Gasteiger partial charge in [-0.05, 0) is 74.8 Å². The average Bonchev–Trinajstić information content (AvgIpc) is 1.87. The molecule has 16 nitrogen and oxygen atoms in total. The number of amides is 2. The van der Waals surface area contributed by atoms with Gasteiger partial charge in [-0.2, -0.15) is 0 Å². The fourth-order valence-electron chi connectivity index (χ4n) is 12.5. The summed E-state index contributed by atoms with van der Waals surface area (Å²) in [4.78, 5) is 91.8. The lowest BCUT2D eigenvalue weighted by Gasteiger charge is -2.42. The molecule has 1 aromatic heterocycles. The zero-order valence-electron chi connectivity index (χ0n) is 56.6. The second-order valence-corrected chi connectivity index (χ2v) is 27.0. The molecule has 0 unspecified atom stereocenters. The van der Waals surface area contributed by atoms with Crippen molar-refractivity contribution in [2.75, 3.05) is 39.4 Å². The van der Waals surface area contributed by atoms with E-state index in [0.717, 1.165) is 60.8 Å². The van der Waals surface area contributed by atoms with E-state index in [9.17, 15) is 33.9 Å². The van der Waals surface area contributed by atoms with Gasteiger partial charge >= 0.3 is 23.9 Å². The van der Waals surface area contributed by atoms with Crippen LogP contribution in [0, 0.1) is 5.92 Å². The molecule has 2 amide bonds. The number of aliphatic hydroxyl groups excluding tert-OH is 1. The minimum Gasteiger partial charge on any atom is -0.462 e. The molecule has 5 atom stereocenters. The first-order chi connectivity index (χ1) is 44.1. The van der Waals surface area contributed by atoms with Crippen LogP contribution in [0.5, 0.6) is 0 Å². The summed E-state index contributed by atoms with van der Waals surface area (Å²) in [7, 11) is 0. The van der Waals surface area contributed by atoms with Crippen LogP contribution in [0.1, 0.15) is 262 Å². The summed E-state index contributed by atoms with van der Waals surface area (Å²) in [5.74, 6) is -3.58. The van der Waals surface area contributed by atoms with Crippen LogP contribution >= 0.6 is 0 Å². The normalized spacial score (nSPS) is 16.6. The number of nitrogens with zero attached hydrogens (tertiary/aromatic N) is 3. The number of unbranched alkanes of at least 4 members (excludes halogenated alkanes) is 24. The summed E-state index contributed by atoms with van der Waals surface area (Å²) in [5, 5.41) is 17.6. The second-order valence-electron chi connectivity index (χ2n) is 27.0. The molecule has 1 aliphatic heterocycles. The number of carbonyl (C=O) groups is 6. The van der Waals surface area contributed by atoms with Gasteiger partial charge in [-0.15, -0.1) is 0 Å². The number of piperazine rings is 1. The monoisotopic (exact) mass is 1260 g/mol. The summed E-state index contributed by atoms with van der Waals surface area (Å²) in [5.41, 5.74) is 3.16. The fraction of sp³-hybridized carbons (Fsp3) is 0.693. The smallest absolute Gasteiger partial charge is 0.306 e. The van der Waals surface area contributed by atoms with Gasteiger partial charge in [0.25, 0.3) is 0 Å². The third-order valence-electron chi connectivity index (χ3n) is 17.6. The number of esters is 4. The quantitative estimate of drug-likeness (QED) is 0.0274. The van der Waals surface area contributed by atoms with Crippen molar-refractivity contribution in [2.45, 2.75) is 289 Å². The Morgan fingerprint density at radius 3 is 1.59 bits per heavy atom. The molecule has 2 heterocycles. The summed E-state index contributed by atoms with van der Waals surface area (Å²) < 4.78 is 23.5. The maximum absolute atomic E-state index is 14.8. The van der Waals surface area contributed by atoms with Gasteiger partial charge in [0.15, 0.2) is 6.10 Å². The number of aromatic nitrogens is 1. The van der Waals surface area contributed by atoms with Crippen molar-refractivity contribution >= 4 is 35.7 Å². The Morgan fingerprint density at radius 1 is 0.582 bits per heavy atom. The SMILES string of the molecule is CCCCCCCCCCCCCCCC(=O)OCC(COC(=O)CCCCCCCCCCCCCCC)OC(=O)CCC(=O)O[C@@H](C[C@@H](Cc1ccccc1)C(=O)N[C@H]1c2ccccc2C[C@H]1O)CN1CCN(Cc2cccnc2)C[C@H]1C(=O)NC(C)(C)C. The van der Waals surface area contributed by atoms with Crippen LogP contribution in [0.15, 0.2) is 79.1 Å². The summed E-state index contributed by atoms with van der Waals surface area (Å²) >= 11 is 0. The van der Waals surface area contributed by atoms with Gasteiger partial charge in [0.1, 0.15) is 25.4 Å². The van der Waals surface area contributed by atoms with E-state index in [0.29, 0.717) is 51.9 Å². The zero-order valence-corrected chi connectivity index (χ0v) is 56.6. The number of pyridine rings is 1. The van der Waals surface area contributed by atoms with E-state index in [-0.39, 0.29) is 57.3 Å². The van der Waals surface area contributed by atoms with E-state index < -0.39 is 72.2 Å². The van der Waals surface area contributed by atoms with E-state index in [2.05, 4.69) is 34.4 Å². The fourth-order valence-corrected chi connectivity index (χ4v) is 12.5. The Balaban J connectivity index is 1.23. The van der Waals surface area contributed by atoms with Gasteiger partial charge in [-0.3, -0.25) is 43.6 Å². The molecule has 2 aliphatic rings. The van der Waals surface area contributed by atoms with E-state index in [1.54, 1.807) is 6.20 Å². The first-order valence-corrected chi connectivity index (χ1v) is 35.6. The van der Waals surface area contributed by atoms with Gasteiger partial charge in [-0.25, -0.2) is 0 Å². The van der Waals surface area contributed by atoms with E-state index in [1.807, 2.05) is 98.6 Å². The molecular formula is C75H117N5O11. The van der Waals surface area contributed by atoms with Crippen LogP contribution < -0.4 is 10.6 Å². The minimum atomic E-state index is -1.10. The van der Waals surface area contributed by atoms with Gasteiger partial charge in [0.2, 0.25) is 11.8 Å². The van der Waals surface area contributed by atoms with Gasteiger partial charge < -0.3 is 34.7 Å². The van der Waals surface area contributed by atoms with E-state index in [4.69, 9.17) is 18.9 Å². The number of ether oxygens (including phenoxy) is 4. The lowest BCUT2D eigenvalue weighted by Crippen LogP contribution is -2.62. The largest absolute Gasteiger partial charge is 0.462 e. The topological polar surface area (TPSA) is 203 Å². The van der Waals surface area contributed by atoms with Crippen LogP contribution in [0.2, 0.25) is 0 Å². The van der Waals surface area contributed by atoms with Gasteiger partial charge in [0, 0.05) is 75.8 Å². The molecule has 3 N–H and O–H groups in total. The summed E-state index contributed by atoms with van der Waals surface area (Å²) in [6.45, 7) is 11.7. The molecule has 1 fully saturated rings. The van der Waals surface area contributed by atoms with E-state index >= 15 is 0 Å². The predicted octanol–water partition coefficient (Wildman–Crippen LogP) is 14.2. The molecular weight excluding hydrogens is 1150 g/mol. The highest BCUT2D eigenvalue weighted by atomic mass is 16.6. The third kappa shape index (κ3) is 32.6. The predicted molar refractivity (Wildman–Crippen MR) is 360 cm³/mol. The highest BCUT2D eigenvalue weighted by Crippen LogP contribution is 2.33. The van der Waals surface area contributed by atoms with Crippen molar-refractivity contribution in [3.8, 4) is 0 Å². The molecule has 91 heavy (non-hydrogen) atoms.